The monoisotopic (exact) mass is 435 g/mol. The van der Waals surface area contributed by atoms with Crippen LogP contribution in [-0.4, -0.2) is 13.0 Å². The number of hydrogen-bond acceptors (Lipinski definition) is 1. The van der Waals surface area contributed by atoms with Crippen LogP contribution in [0.4, 0.5) is 11.4 Å². The number of nitrogens with two attached hydrogens (primary N) is 1. The summed E-state index contributed by atoms with van der Waals surface area (Å²) in [6, 6.07) is 11.6. The molecular formula is C20H13Cl4N3. The van der Waals surface area contributed by atoms with Crippen LogP contribution in [0, 0.1) is 0 Å². The second-order valence-corrected chi connectivity index (χ2v) is 7.69. The number of rotatable bonds is 2. The number of guanidine groups is 1. The van der Waals surface area contributed by atoms with Crippen LogP contribution in [0.1, 0.15) is 11.1 Å². The summed E-state index contributed by atoms with van der Waals surface area (Å²) in [6.45, 7) is 0. The van der Waals surface area contributed by atoms with Crippen molar-refractivity contribution in [3.05, 3.63) is 67.6 Å². The van der Waals surface area contributed by atoms with E-state index in [0.717, 1.165) is 16.5 Å². The van der Waals surface area contributed by atoms with Crippen LogP contribution < -0.4 is 10.6 Å². The number of hydrogen-bond donors (Lipinski definition) is 1. The lowest BCUT2D eigenvalue weighted by molar-refractivity contribution is 1.22. The van der Waals surface area contributed by atoms with Gasteiger partial charge in [0.15, 0.2) is 0 Å². The highest BCUT2D eigenvalue weighted by atomic mass is 35.5. The summed E-state index contributed by atoms with van der Waals surface area (Å²) in [4.78, 5) is 6.18. The fourth-order valence-corrected chi connectivity index (χ4v) is 4.22. The molecule has 0 saturated carbocycles. The molecule has 0 fully saturated rings. The predicted molar refractivity (Wildman–Crippen MR) is 119 cm³/mol. The van der Waals surface area contributed by atoms with Crippen LogP contribution in [0.25, 0.3) is 22.9 Å². The van der Waals surface area contributed by atoms with Crippen molar-refractivity contribution in [2.75, 3.05) is 11.9 Å². The molecule has 3 aromatic rings. The molecule has 4 rings (SSSR count). The Hall–Kier alpha value is -1.91. The Kier molecular flexibility index (Phi) is 4.73. The van der Waals surface area contributed by atoms with E-state index < -0.39 is 0 Å². The summed E-state index contributed by atoms with van der Waals surface area (Å²) >= 11 is 24.9. The molecule has 3 nitrogen and oxygen atoms in total. The van der Waals surface area contributed by atoms with Gasteiger partial charge in [-0.15, -0.1) is 0 Å². The molecule has 0 heterocycles. The molecule has 0 aliphatic heterocycles. The van der Waals surface area contributed by atoms with Crippen LogP contribution in [0.3, 0.4) is 0 Å². The van der Waals surface area contributed by atoms with E-state index in [1.165, 1.54) is 17.2 Å². The van der Waals surface area contributed by atoms with E-state index in [-0.39, 0.29) is 26.1 Å². The van der Waals surface area contributed by atoms with Gasteiger partial charge < -0.3 is 10.6 Å². The van der Waals surface area contributed by atoms with E-state index in [2.05, 4.69) is 23.2 Å². The molecule has 7 heteroatoms. The maximum absolute atomic E-state index is 6.32. The molecule has 1 aliphatic rings. The average molecular weight is 437 g/mol. The Bertz CT molecular complexity index is 1110. The molecule has 0 atom stereocenters. The second kappa shape index (κ2) is 6.92. The fraction of sp³-hybridized carbons (Fsp3) is 0.0500. The molecule has 0 saturated heterocycles. The summed E-state index contributed by atoms with van der Waals surface area (Å²) in [6.07, 6.45) is 4.18. The minimum absolute atomic E-state index is 0.212. The first-order valence-electron chi connectivity index (χ1n) is 8.03. The molecule has 136 valence electrons. The molecule has 3 aromatic carbocycles. The summed E-state index contributed by atoms with van der Waals surface area (Å²) in [5.41, 5.74) is 9.75. The van der Waals surface area contributed by atoms with Crippen molar-refractivity contribution in [1.82, 2.24) is 0 Å². The lowest BCUT2D eigenvalue weighted by atomic mass is 10.0. The highest BCUT2D eigenvalue weighted by Crippen LogP contribution is 2.43. The van der Waals surface area contributed by atoms with Gasteiger partial charge in [-0.1, -0.05) is 82.8 Å². The van der Waals surface area contributed by atoms with E-state index in [0.29, 0.717) is 5.69 Å². The fourth-order valence-electron chi connectivity index (χ4n) is 3.17. The van der Waals surface area contributed by atoms with Gasteiger partial charge in [-0.05, 0) is 28.6 Å². The van der Waals surface area contributed by atoms with Gasteiger partial charge in [0.25, 0.3) is 0 Å². The molecule has 0 unspecified atom stereocenters. The molecule has 0 radical (unpaired) electrons. The van der Waals surface area contributed by atoms with Gasteiger partial charge >= 0.3 is 0 Å². The second-order valence-electron chi connectivity index (χ2n) is 6.12. The van der Waals surface area contributed by atoms with Crippen molar-refractivity contribution in [3.63, 3.8) is 0 Å². The van der Waals surface area contributed by atoms with Gasteiger partial charge in [0.05, 0.1) is 31.5 Å². The number of benzene rings is 3. The number of nitrogens with zero attached hydrogens (tertiary/aromatic N) is 2. The van der Waals surface area contributed by atoms with Crippen molar-refractivity contribution in [2.45, 2.75) is 0 Å². The van der Waals surface area contributed by atoms with Crippen LogP contribution in [0.2, 0.25) is 20.1 Å². The first-order chi connectivity index (χ1) is 12.9. The van der Waals surface area contributed by atoms with Crippen molar-refractivity contribution >= 4 is 86.7 Å². The molecule has 0 spiro atoms. The first kappa shape index (κ1) is 18.5. The van der Waals surface area contributed by atoms with E-state index in [9.17, 15) is 0 Å². The van der Waals surface area contributed by atoms with Gasteiger partial charge in [0.2, 0.25) is 5.96 Å². The lowest BCUT2D eigenvalue weighted by Crippen LogP contribution is -2.34. The van der Waals surface area contributed by atoms with Crippen molar-refractivity contribution < 1.29 is 0 Å². The van der Waals surface area contributed by atoms with Gasteiger partial charge in [0, 0.05) is 12.4 Å². The highest BCUT2D eigenvalue weighted by molar-refractivity contribution is 6.50. The highest BCUT2D eigenvalue weighted by Gasteiger charge is 2.20. The summed E-state index contributed by atoms with van der Waals surface area (Å²) in [5.74, 6) is 0.212. The number of anilines is 1. The average Bonchev–Trinajstić information content (AvgIpc) is 3.07. The number of halogens is 4. The standard InChI is InChI=1S/C20H13Cl4N3/c1-27(19-17(23)13(21)9-14(22)18(19)24)20(25)26-15-8-7-11-6-5-10-3-2-4-12(15)16(10)11/h2-9H,1H3,(H2,25,26). The smallest absolute Gasteiger partial charge is 0.200 e. The van der Waals surface area contributed by atoms with Crippen LogP contribution in [-0.2, 0) is 0 Å². The van der Waals surface area contributed by atoms with Crippen LogP contribution in [0.15, 0.2) is 41.4 Å². The lowest BCUT2D eigenvalue weighted by Gasteiger charge is -2.22. The molecule has 0 amide bonds. The maximum atomic E-state index is 6.32. The third-order valence-corrected chi connectivity index (χ3v) is 6.08. The quantitative estimate of drug-likeness (QED) is 0.208. The van der Waals surface area contributed by atoms with E-state index >= 15 is 0 Å². The number of aliphatic imine (C=N–C) groups is 1. The van der Waals surface area contributed by atoms with Gasteiger partial charge in [-0.3, -0.25) is 0 Å². The van der Waals surface area contributed by atoms with E-state index in [1.54, 1.807) is 11.9 Å². The molecule has 2 N–H and O–H groups in total. The first-order valence-corrected chi connectivity index (χ1v) is 9.54. The van der Waals surface area contributed by atoms with E-state index in [4.69, 9.17) is 52.1 Å². The Balaban J connectivity index is 1.82. The van der Waals surface area contributed by atoms with Crippen molar-refractivity contribution in [2.24, 2.45) is 10.7 Å². The Morgan fingerprint density at radius 2 is 1.56 bits per heavy atom. The zero-order chi connectivity index (χ0) is 19.3. The topological polar surface area (TPSA) is 41.6 Å². The van der Waals surface area contributed by atoms with Gasteiger partial charge in [-0.25, -0.2) is 4.99 Å². The van der Waals surface area contributed by atoms with Gasteiger partial charge in [-0.2, -0.15) is 0 Å². The largest absolute Gasteiger partial charge is 0.369 e. The Morgan fingerprint density at radius 1 is 0.926 bits per heavy atom. The Morgan fingerprint density at radius 3 is 2.22 bits per heavy atom. The molecule has 0 bridgehead atoms. The van der Waals surface area contributed by atoms with Crippen LogP contribution >= 0.6 is 46.4 Å². The SMILES string of the molecule is CN(C(N)=Nc1ccc2c3c(cccc13)C=C2)c1c(Cl)c(Cl)cc(Cl)c1Cl. The zero-order valence-electron chi connectivity index (χ0n) is 14.1. The zero-order valence-corrected chi connectivity index (χ0v) is 17.1. The molecular weight excluding hydrogens is 424 g/mol. The maximum Gasteiger partial charge on any atom is 0.200 e. The predicted octanol–water partition coefficient (Wildman–Crippen LogP) is 7.02. The third kappa shape index (κ3) is 3.05. The normalized spacial score (nSPS) is 12.9. The van der Waals surface area contributed by atoms with Gasteiger partial charge in [0.1, 0.15) is 0 Å². The Labute approximate surface area is 176 Å². The van der Waals surface area contributed by atoms with Crippen molar-refractivity contribution in [3.8, 4) is 0 Å². The summed E-state index contributed by atoms with van der Waals surface area (Å²) in [7, 11) is 1.71. The minimum atomic E-state index is 0.212. The molecule has 27 heavy (non-hydrogen) atoms. The molecule has 0 aromatic heterocycles. The summed E-state index contributed by atoms with van der Waals surface area (Å²) < 4.78 is 0. The minimum Gasteiger partial charge on any atom is -0.369 e. The van der Waals surface area contributed by atoms with Crippen molar-refractivity contribution in [1.29, 1.82) is 0 Å². The molecule has 1 aliphatic carbocycles. The summed E-state index contributed by atoms with van der Waals surface area (Å²) in [5, 5.41) is 3.28. The van der Waals surface area contributed by atoms with E-state index in [1.807, 2.05) is 24.3 Å². The third-order valence-electron chi connectivity index (χ3n) is 4.53. The van der Waals surface area contributed by atoms with Crippen LogP contribution in [0.5, 0.6) is 0 Å².